The number of nitrogens with zero attached hydrogens (tertiary/aromatic N) is 2. The Hall–Kier alpha value is -2.61. The fourth-order valence-electron chi connectivity index (χ4n) is 2.79. The largest absolute Gasteiger partial charge is 0.497 e. The van der Waals surface area contributed by atoms with E-state index in [0.29, 0.717) is 12.3 Å². The molecule has 0 N–H and O–H groups in total. The maximum Gasteiger partial charge on any atom is 0.246 e. The molecule has 0 radical (unpaired) electrons. The molecule has 0 unspecified atom stereocenters. The fourth-order valence-corrected chi connectivity index (χ4v) is 3.96. The summed E-state index contributed by atoms with van der Waals surface area (Å²) in [6.07, 6.45) is 1.02. The molecule has 6 nitrogen and oxygen atoms in total. The van der Waals surface area contributed by atoms with Crippen LogP contribution in [0, 0.1) is 5.82 Å². The zero-order valence-electron chi connectivity index (χ0n) is 15.7. The molecule has 0 aromatic heterocycles. The number of hydrogen-bond acceptors (Lipinski definition) is 4. The van der Waals surface area contributed by atoms with E-state index >= 15 is 0 Å². The van der Waals surface area contributed by atoms with Gasteiger partial charge in [-0.3, -0.25) is 9.10 Å². The number of anilines is 1. The summed E-state index contributed by atoms with van der Waals surface area (Å²) in [6.45, 7) is 1.82. The number of methoxy groups -OCH3 is 1. The highest BCUT2D eigenvalue weighted by Gasteiger charge is 2.31. The van der Waals surface area contributed by atoms with Gasteiger partial charge >= 0.3 is 0 Å². The zero-order chi connectivity index (χ0) is 20.2. The topological polar surface area (TPSA) is 66.9 Å². The summed E-state index contributed by atoms with van der Waals surface area (Å²) in [6, 6.07) is 11.3. The predicted molar refractivity (Wildman–Crippen MR) is 103 cm³/mol. The normalized spacial score (nSPS) is 12.3. The lowest BCUT2D eigenvalue weighted by atomic mass is 10.2. The van der Waals surface area contributed by atoms with E-state index in [2.05, 4.69) is 0 Å². The van der Waals surface area contributed by atoms with E-state index in [4.69, 9.17) is 4.74 Å². The third kappa shape index (κ3) is 5.19. The maximum absolute atomic E-state index is 13.2. The van der Waals surface area contributed by atoms with Gasteiger partial charge in [-0.2, -0.15) is 0 Å². The molecule has 2 aromatic carbocycles. The van der Waals surface area contributed by atoms with Crippen LogP contribution >= 0.6 is 0 Å². The van der Waals surface area contributed by atoms with E-state index in [-0.39, 0.29) is 11.6 Å². The quantitative estimate of drug-likeness (QED) is 0.724. The van der Waals surface area contributed by atoms with Crippen LogP contribution in [0.25, 0.3) is 0 Å². The van der Waals surface area contributed by atoms with Crippen molar-refractivity contribution in [1.29, 1.82) is 0 Å². The molecule has 1 atom stereocenters. The predicted octanol–water partition coefficient (Wildman–Crippen LogP) is 2.65. The molecule has 0 fully saturated rings. The van der Waals surface area contributed by atoms with Crippen molar-refractivity contribution < 1.29 is 22.3 Å². The first-order valence-electron chi connectivity index (χ1n) is 8.26. The molecule has 146 valence electrons. The maximum atomic E-state index is 13.2. The summed E-state index contributed by atoms with van der Waals surface area (Å²) < 4.78 is 43.8. The van der Waals surface area contributed by atoms with E-state index in [0.717, 1.165) is 28.3 Å². The molecule has 0 heterocycles. The van der Waals surface area contributed by atoms with Crippen LogP contribution < -0.4 is 9.04 Å². The van der Waals surface area contributed by atoms with Crippen LogP contribution in [0.15, 0.2) is 48.5 Å². The van der Waals surface area contributed by atoms with Gasteiger partial charge in [0.05, 0.1) is 19.1 Å². The third-order valence-corrected chi connectivity index (χ3v) is 5.34. The Morgan fingerprint density at radius 2 is 1.67 bits per heavy atom. The van der Waals surface area contributed by atoms with Gasteiger partial charge < -0.3 is 9.64 Å². The van der Waals surface area contributed by atoms with E-state index < -0.39 is 21.9 Å². The highest BCUT2D eigenvalue weighted by Crippen LogP contribution is 2.22. The summed E-state index contributed by atoms with van der Waals surface area (Å²) in [5.41, 5.74) is 1.11. The summed E-state index contributed by atoms with van der Waals surface area (Å²) >= 11 is 0. The molecule has 0 bridgehead atoms. The van der Waals surface area contributed by atoms with Gasteiger partial charge in [-0.1, -0.05) is 12.1 Å². The average molecular weight is 394 g/mol. The number of halogens is 1. The SMILES string of the molecule is COc1ccc(CN(C)C(=O)[C@H](C)N(c2ccc(F)cc2)S(C)(=O)=O)cc1. The Kier molecular flexibility index (Phi) is 6.43. The van der Waals surface area contributed by atoms with Gasteiger partial charge in [-0.15, -0.1) is 0 Å². The standard InChI is InChI=1S/C19H23FN2O4S/c1-14(22(27(4,24)25)17-9-7-16(20)8-10-17)19(23)21(2)13-15-5-11-18(26-3)12-6-15/h5-12,14H,13H2,1-4H3/t14-/m0/s1. The molecule has 0 aliphatic rings. The molecular formula is C19H23FN2O4S. The summed E-state index contributed by atoms with van der Waals surface area (Å²) in [4.78, 5) is 14.3. The Labute approximate surface area is 159 Å². The number of amides is 1. The van der Waals surface area contributed by atoms with Crippen molar-refractivity contribution in [2.24, 2.45) is 0 Å². The van der Waals surface area contributed by atoms with E-state index in [9.17, 15) is 17.6 Å². The number of likely N-dealkylation sites (N-methyl/N-ethyl adjacent to an activating group) is 1. The smallest absolute Gasteiger partial charge is 0.246 e. The van der Waals surface area contributed by atoms with Gasteiger partial charge in [0.25, 0.3) is 0 Å². The van der Waals surface area contributed by atoms with Gasteiger partial charge in [0.1, 0.15) is 17.6 Å². The van der Waals surface area contributed by atoms with Crippen LogP contribution in [0.1, 0.15) is 12.5 Å². The Morgan fingerprint density at radius 1 is 1.11 bits per heavy atom. The van der Waals surface area contributed by atoms with Crippen LogP contribution in [0.5, 0.6) is 5.75 Å². The zero-order valence-corrected chi connectivity index (χ0v) is 16.5. The van der Waals surface area contributed by atoms with Crippen LogP contribution in [0.3, 0.4) is 0 Å². The van der Waals surface area contributed by atoms with Crippen LogP contribution in [0.2, 0.25) is 0 Å². The molecular weight excluding hydrogens is 371 g/mol. The minimum Gasteiger partial charge on any atom is -0.497 e. The Morgan fingerprint density at radius 3 is 2.15 bits per heavy atom. The van der Waals surface area contributed by atoms with Crippen molar-refractivity contribution >= 4 is 21.6 Å². The second kappa shape index (κ2) is 8.39. The first-order valence-corrected chi connectivity index (χ1v) is 10.1. The number of benzene rings is 2. The molecule has 8 heteroatoms. The third-order valence-electron chi connectivity index (χ3n) is 4.10. The molecule has 27 heavy (non-hydrogen) atoms. The van der Waals surface area contributed by atoms with E-state index in [1.807, 2.05) is 12.1 Å². The first-order chi connectivity index (χ1) is 12.6. The average Bonchev–Trinajstić information content (AvgIpc) is 2.62. The lowest BCUT2D eigenvalue weighted by Crippen LogP contribution is -2.48. The Bertz CT molecular complexity index is 883. The van der Waals surface area contributed by atoms with E-state index in [1.165, 1.54) is 24.0 Å². The number of sulfonamides is 1. The van der Waals surface area contributed by atoms with Crippen molar-refractivity contribution in [2.75, 3.05) is 24.7 Å². The number of ether oxygens (including phenoxy) is 1. The van der Waals surface area contributed by atoms with Crippen molar-refractivity contribution in [1.82, 2.24) is 4.90 Å². The summed E-state index contributed by atoms with van der Waals surface area (Å²) in [5, 5.41) is 0. The van der Waals surface area contributed by atoms with Gasteiger partial charge in [-0.25, -0.2) is 12.8 Å². The van der Waals surface area contributed by atoms with Gasteiger partial charge in [-0.05, 0) is 48.9 Å². The molecule has 0 aliphatic carbocycles. The first kappa shape index (κ1) is 20.7. The van der Waals surface area contributed by atoms with Crippen molar-refractivity contribution in [3.05, 3.63) is 59.9 Å². The summed E-state index contributed by atoms with van der Waals surface area (Å²) in [5.74, 6) is -0.149. The van der Waals surface area contributed by atoms with Gasteiger partial charge in [0.2, 0.25) is 15.9 Å². The fraction of sp³-hybridized carbons (Fsp3) is 0.316. The Balaban J connectivity index is 2.21. The number of hydrogen-bond donors (Lipinski definition) is 0. The molecule has 0 saturated carbocycles. The molecule has 0 saturated heterocycles. The molecule has 2 aromatic rings. The van der Waals surface area contributed by atoms with Crippen molar-refractivity contribution in [3.8, 4) is 5.75 Å². The minimum absolute atomic E-state index is 0.234. The number of rotatable bonds is 7. The van der Waals surface area contributed by atoms with Crippen LogP contribution in [0.4, 0.5) is 10.1 Å². The second-order valence-corrected chi connectivity index (χ2v) is 8.11. The molecule has 2 rings (SSSR count). The lowest BCUT2D eigenvalue weighted by Gasteiger charge is -2.31. The monoisotopic (exact) mass is 394 g/mol. The minimum atomic E-state index is -3.74. The summed E-state index contributed by atoms with van der Waals surface area (Å²) in [7, 11) is -0.567. The number of carbonyl (C=O) groups excluding carboxylic acids is 1. The molecule has 1 amide bonds. The van der Waals surface area contributed by atoms with Crippen LogP contribution in [-0.2, 0) is 21.4 Å². The van der Waals surface area contributed by atoms with Gasteiger partial charge in [0.15, 0.2) is 0 Å². The highest BCUT2D eigenvalue weighted by atomic mass is 32.2. The van der Waals surface area contributed by atoms with Gasteiger partial charge in [0, 0.05) is 13.6 Å². The number of carbonyl (C=O) groups is 1. The van der Waals surface area contributed by atoms with Crippen molar-refractivity contribution in [2.45, 2.75) is 19.5 Å². The van der Waals surface area contributed by atoms with E-state index in [1.54, 1.807) is 26.3 Å². The van der Waals surface area contributed by atoms with Crippen molar-refractivity contribution in [3.63, 3.8) is 0 Å². The van der Waals surface area contributed by atoms with Crippen LogP contribution in [-0.4, -0.2) is 45.7 Å². The lowest BCUT2D eigenvalue weighted by molar-refractivity contribution is -0.131. The second-order valence-electron chi connectivity index (χ2n) is 6.25. The molecule has 0 spiro atoms. The molecule has 0 aliphatic heterocycles. The highest BCUT2D eigenvalue weighted by molar-refractivity contribution is 7.92.